The van der Waals surface area contributed by atoms with Gasteiger partial charge >= 0.3 is 22.5 Å². The van der Waals surface area contributed by atoms with Gasteiger partial charge in [0, 0.05) is 21.1 Å². The van der Waals surface area contributed by atoms with Crippen molar-refractivity contribution >= 4 is 22.9 Å². The van der Waals surface area contributed by atoms with E-state index in [1.165, 1.54) is 21.1 Å². The zero-order valence-corrected chi connectivity index (χ0v) is 11.8. The van der Waals surface area contributed by atoms with Crippen LogP contribution in [0.3, 0.4) is 0 Å². The first-order valence-electron chi connectivity index (χ1n) is 4.37. The summed E-state index contributed by atoms with van der Waals surface area (Å²) in [6.07, 6.45) is 0. The van der Waals surface area contributed by atoms with E-state index in [9.17, 15) is 4.79 Å². The standard InChI is InChI=1S/C7H17O7PSi/c1-6(8)13-16(4,5)7(11-2,12-3)14-15(9)10/h9-10H,1-5H3. The molecule has 0 aromatic heterocycles. The first-order valence-corrected chi connectivity index (χ1v) is 8.45. The predicted octanol–water partition coefficient (Wildman–Crippen LogP) is 0.468. The summed E-state index contributed by atoms with van der Waals surface area (Å²) in [6.45, 7) is 4.44. The summed E-state index contributed by atoms with van der Waals surface area (Å²) in [5.41, 5.74) is -1.74. The molecular weight excluding hydrogens is 255 g/mol. The summed E-state index contributed by atoms with van der Waals surface area (Å²) in [7, 11) is -3.10. The number of methoxy groups -OCH3 is 2. The molecule has 0 spiro atoms. The Kier molecular flexibility index (Phi) is 5.98. The molecule has 0 saturated carbocycles. The van der Waals surface area contributed by atoms with E-state index in [0.717, 1.165) is 0 Å². The fraction of sp³-hybridized carbons (Fsp3) is 0.857. The summed E-state index contributed by atoms with van der Waals surface area (Å²) in [6, 6.07) is 0. The van der Waals surface area contributed by atoms with Gasteiger partial charge in [0.25, 0.3) is 5.97 Å². The van der Waals surface area contributed by atoms with Gasteiger partial charge in [-0.2, -0.15) is 0 Å². The minimum Gasteiger partial charge on any atom is -0.510 e. The molecule has 0 unspecified atom stereocenters. The maximum atomic E-state index is 10.9. The Morgan fingerprint density at radius 2 is 1.69 bits per heavy atom. The molecule has 0 aliphatic rings. The topological polar surface area (TPSA) is 94.5 Å². The zero-order chi connectivity index (χ0) is 13.0. The Balaban J connectivity index is 5.06. The normalized spacial score (nSPS) is 13.0. The first-order chi connectivity index (χ1) is 7.20. The minimum atomic E-state index is -2.93. The van der Waals surface area contributed by atoms with Crippen molar-refractivity contribution in [1.29, 1.82) is 0 Å². The van der Waals surface area contributed by atoms with Crippen molar-refractivity contribution in [1.82, 2.24) is 0 Å². The van der Waals surface area contributed by atoms with E-state index in [0.29, 0.717) is 0 Å². The summed E-state index contributed by atoms with van der Waals surface area (Å²) >= 11 is 0. The third kappa shape index (κ3) is 3.74. The van der Waals surface area contributed by atoms with Crippen LogP contribution in [0.4, 0.5) is 0 Å². The van der Waals surface area contributed by atoms with Gasteiger partial charge in [-0.1, -0.05) is 0 Å². The number of rotatable bonds is 6. The summed E-state index contributed by atoms with van der Waals surface area (Å²) in [5.74, 6) is -0.515. The number of carbonyl (C=O) groups excluding carboxylic acids is 1. The van der Waals surface area contributed by atoms with Crippen LogP contribution >= 0.6 is 8.60 Å². The molecule has 9 heteroatoms. The number of hydrogen-bond acceptors (Lipinski definition) is 7. The zero-order valence-electron chi connectivity index (χ0n) is 9.88. The molecule has 0 aromatic rings. The molecule has 96 valence electrons. The van der Waals surface area contributed by atoms with E-state index in [4.69, 9.17) is 28.2 Å². The molecule has 0 aliphatic heterocycles. The van der Waals surface area contributed by atoms with Crippen LogP contribution in [0, 0.1) is 0 Å². The lowest BCUT2D eigenvalue weighted by atomic mass is 10.9. The van der Waals surface area contributed by atoms with Crippen LogP contribution in [-0.4, -0.2) is 43.9 Å². The van der Waals surface area contributed by atoms with Crippen molar-refractivity contribution in [3.05, 3.63) is 0 Å². The molecule has 0 atom stereocenters. The molecule has 16 heavy (non-hydrogen) atoms. The van der Waals surface area contributed by atoms with E-state index in [-0.39, 0.29) is 0 Å². The lowest BCUT2D eigenvalue weighted by Crippen LogP contribution is -2.60. The second-order valence-electron chi connectivity index (χ2n) is 3.41. The predicted molar refractivity (Wildman–Crippen MR) is 58.4 cm³/mol. The second-order valence-corrected chi connectivity index (χ2v) is 7.94. The van der Waals surface area contributed by atoms with E-state index in [1.54, 1.807) is 13.1 Å². The monoisotopic (exact) mass is 272 g/mol. The van der Waals surface area contributed by atoms with Gasteiger partial charge in [-0.3, -0.25) is 9.32 Å². The molecule has 7 nitrogen and oxygen atoms in total. The van der Waals surface area contributed by atoms with Crippen molar-refractivity contribution in [2.75, 3.05) is 14.2 Å². The van der Waals surface area contributed by atoms with E-state index < -0.39 is 28.5 Å². The highest BCUT2D eigenvalue weighted by Crippen LogP contribution is 2.39. The van der Waals surface area contributed by atoms with Gasteiger partial charge in [-0.05, 0) is 13.1 Å². The molecule has 0 fully saturated rings. The number of ether oxygens (including phenoxy) is 2. The van der Waals surface area contributed by atoms with Gasteiger partial charge in [-0.15, -0.1) is 0 Å². The van der Waals surface area contributed by atoms with Crippen LogP contribution in [0.1, 0.15) is 6.92 Å². The van der Waals surface area contributed by atoms with Crippen LogP contribution in [0.5, 0.6) is 0 Å². The molecule has 0 radical (unpaired) electrons. The third-order valence-electron chi connectivity index (χ3n) is 1.88. The Hall–Kier alpha value is -0.0831. The van der Waals surface area contributed by atoms with Gasteiger partial charge < -0.3 is 23.7 Å². The molecule has 0 aromatic carbocycles. The van der Waals surface area contributed by atoms with Crippen molar-refractivity contribution in [3.63, 3.8) is 0 Å². The van der Waals surface area contributed by atoms with Gasteiger partial charge in [0.05, 0.1) is 0 Å². The highest BCUT2D eigenvalue weighted by molar-refractivity contribution is 7.39. The highest BCUT2D eigenvalue weighted by Gasteiger charge is 2.56. The second kappa shape index (κ2) is 6.01. The highest BCUT2D eigenvalue weighted by atomic mass is 31.2. The Morgan fingerprint density at radius 3 is 1.94 bits per heavy atom. The average Bonchev–Trinajstić information content (AvgIpc) is 2.11. The third-order valence-corrected chi connectivity index (χ3v) is 5.23. The van der Waals surface area contributed by atoms with Crippen molar-refractivity contribution in [3.8, 4) is 0 Å². The largest absolute Gasteiger partial charge is 0.510 e. The summed E-state index contributed by atoms with van der Waals surface area (Å²) in [4.78, 5) is 28.7. The Labute approximate surface area is 96.4 Å². The molecule has 0 amide bonds. The van der Waals surface area contributed by atoms with Crippen LogP contribution in [0.2, 0.25) is 13.1 Å². The maximum Gasteiger partial charge on any atom is 0.348 e. The Bertz CT molecular complexity index is 241. The van der Waals surface area contributed by atoms with Crippen LogP contribution in [0.25, 0.3) is 0 Å². The van der Waals surface area contributed by atoms with Crippen molar-refractivity contribution in [2.24, 2.45) is 0 Å². The molecule has 0 aliphatic carbocycles. The molecule has 2 N–H and O–H groups in total. The quantitative estimate of drug-likeness (QED) is 0.412. The van der Waals surface area contributed by atoms with E-state index in [2.05, 4.69) is 0 Å². The minimum absolute atomic E-state index is 0.515. The van der Waals surface area contributed by atoms with Gasteiger partial charge in [0.2, 0.25) is 0 Å². The van der Waals surface area contributed by atoms with Gasteiger partial charge in [0.15, 0.2) is 0 Å². The number of carbonyl (C=O) groups is 1. The maximum absolute atomic E-state index is 10.9. The molecule has 0 bridgehead atoms. The van der Waals surface area contributed by atoms with E-state index >= 15 is 0 Å². The Morgan fingerprint density at radius 1 is 1.25 bits per heavy atom. The lowest BCUT2D eigenvalue weighted by Gasteiger charge is -2.39. The smallest absolute Gasteiger partial charge is 0.348 e. The fourth-order valence-electron chi connectivity index (χ4n) is 1.29. The molecule has 0 rings (SSSR count). The molecule has 0 heterocycles. The van der Waals surface area contributed by atoms with Gasteiger partial charge in [-0.25, -0.2) is 0 Å². The van der Waals surface area contributed by atoms with Crippen LogP contribution in [0.15, 0.2) is 0 Å². The summed E-state index contributed by atoms with van der Waals surface area (Å²) in [5, 5.41) is 0. The van der Waals surface area contributed by atoms with Crippen LogP contribution < -0.4 is 0 Å². The van der Waals surface area contributed by atoms with Crippen molar-refractivity contribution < 1.29 is 33.0 Å². The first kappa shape index (κ1) is 15.9. The summed E-state index contributed by atoms with van der Waals surface area (Å²) < 4.78 is 19.9. The SMILES string of the molecule is COC(OC)(OP(O)O)[Si](C)(C)OC(C)=O. The van der Waals surface area contributed by atoms with Crippen LogP contribution in [-0.2, 0) is 23.2 Å². The lowest BCUT2D eigenvalue weighted by molar-refractivity contribution is -0.278. The molecular formula is C7H17O7PSi. The fourth-order valence-corrected chi connectivity index (χ4v) is 4.60. The number of hydrogen-bond donors (Lipinski definition) is 2. The van der Waals surface area contributed by atoms with Crippen molar-refractivity contribution in [2.45, 2.75) is 25.6 Å². The molecule has 0 saturated heterocycles. The van der Waals surface area contributed by atoms with Gasteiger partial charge in [0.1, 0.15) is 0 Å². The van der Waals surface area contributed by atoms with E-state index in [1.807, 2.05) is 0 Å². The average molecular weight is 272 g/mol.